The number of halogens is 1. The highest BCUT2D eigenvalue weighted by atomic mass is 19.1. The van der Waals surface area contributed by atoms with E-state index in [2.05, 4.69) is 37.8 Å². The van der Waals surface area contributed by atoms with E-state index < -0.39 is 23.0 Å². The quantitative estimate of drug-likeness (QED) is 0.301. The maximum Gasteiger partial charge on any atom is 0.323 e. The molecule has 2 aromatic carbocycles. The molecule has 3 fully saturated rings. The Kier molecular flexibility index (Phi) is 8.68. The van der Waals surface area contributed by atoms with Gasteiger partial charge in [-0.05, 0) is 63.1 Å². The van der Waals surface area contributed by atoms with Crippen LogP contribution in [0.2, 0.25) is 0 Å². The summed E-state index contributed by atoms with van der Waals surface area (Å²) in [5.74, 6) is -0.821. The molecule has 2 aliphatic heterocycles. The average molecular weight is 616 g/mol. The normalized spacial score (nSPS) is 18.4. The van der Waals surface area contributed by atoms with Crippen molar-refractivity contribution in [3.8, 4) is 11.5 Å². The van der Waals surface area contributed by atoms with Crippen molar-refractivity contribution in [3.63, 3.8) is 0 Å². The van der Waals surface area contributed by atoms with Gasteiger partial charge in [-0.2, -0.15) is 0 Å². The van der Waals surface area contributed by atoms with Crippen LogP contribution in [0.4, 0.5) is 26.4 Å². The molecule has 3 heterocycles. The van der Waals surface area contributed by atoms with E-state index in [-0.39, 0.29) is 23.5 Å². The van der Waals surface area contributed by atoms with Gasteiger partial charge in [0.15, 0.2) is 0 Å². The number of nitrogens with one attached hydrogen (secondary N) is 3. The fourth-order valence-corrected chi connectivity index (χ4v) is 5.94. The van der Waals surface area contributed by atoms with E-state index in [0.717, 1.165) is 45.1 Å². The number of benzene rings is 2. The number of carbonyl (C=O) groups is 3. The van der Waals surface area contributed by atoms with Crippen LogP contribution in [0.3, 0.4) is 0 Å². The number of pyridine rings is 1. The molecule has 0 radical (unpaired) electrons. The zero-order chi connectivity index (χ0) is 31.6. The first-order chi connectivity index (χ1) is 21.7. The predicted octanol–water partition coefficient (Wildman–Crippen LogP) is 4.61. The van der Waals surface area contributed by atoms with Gasteiger partial charge in [-0.1, -0.05) is 18.2 Å². The van der Waals surface area contributed by atoms with Crippen molar-refractivity contribution in [2.75, 3.05) is 56.2 Å². The number of hydrogen-bond donors (Lipinski definition) is 3. The van der Waals surface area contributed by atoms with E-state index in [1.165, 1.54) is 18.3 Å². The van der Waals surface area contributed by atoms with Crippen LogP contribution in [0.5, 0.6) is 11.5 Å². The van der Waals surface area contributed by atoms with Crippen molar-refractivity contribution in [2.24, 2.45) is 5.41 Å². The number of carbonyl (C=O) groups excluding carboxylic acids is 3. The molecule has 4 amide bonds. The third kappa shape index (κ3) is 6.91. The molecule has 45 heavy (non-hydrogen) atoms. The minimum absolute atomic E-state index is 0.0530. The van der Waals surface area contributed by atoms with Gasteiger partial charge in [0.1, 0.15) is 28.5 Å². The lowest BCUT2D eigenvalue weighted by Crippen LogP contribution is -2.60. The Morgan fingerprint density at radius 2 is 1.62 bits per heavy atom. The number of aromatic nitrogens is 1. The third-order valence-corrected chi connectivity index (χ3v) is 8.97. The summed E-state index contributed by atoms with van der Waals surface area (Å²) in [6.07, 6.45) is 4.11. The van der Waals surface area contributed by atoms with E-state index >= 15 is 4.39 Å². The highest BCUT2D eigenvalue weighted by Crippen LogP contribution is 2.47. The van der Waals surface area contributed by atoms with Gasteiger partial charge in [0.2, 0.25) is 11.8 Å². The third-order valence-electron chi connectivity index (χ3n) is 8.97. The molecule has 0 atom stereocenters. The van der Waals surface area contributed by atoms with Crippen LogP contribution >= 0.6 is 0 Å². The zero-order valence-corrected chi connectivity index (χ0v) is 25.5. The summed E-state index contributed by atoms with van der Waals surface area (Å²) in [4.78, 5) is 49.6. The largest absolute Gasteiger partial charge is 0.457 e. The monoisotopic (exact) mass is 615 g/mol. The van der Waals surface area contributed by atoms with Gasteiger partial charge < -0.3 is 25.2 Å². The molecule has 1 aliphatic carbocycles. The van der Waals surface area contributed by atoms with Gasteiger partial charge in [-0.3, -0.25) is 19.8 Å². The maximum atomic E-state index is 15.0. The smallest absolute Gasteiger partial charge is 0.323 e. The van der Waals surface area contributed by atoms with Crippen molar-refractivity contribution in [1.29, 1.82) is 0 Å². The summed E-state index contributed by atoms with van der Waals surface area (Å²) < 4.78 is 20.9. The average Bonchev–Trinajstić information content (AvgIpc) is 3.84. The molecule has 6 rings (SSSR count). The molecular weight excluding hydrogens is 577 g/mol. The molecule has 1 saturated carbocycles. The lowest BCUT2D eigenvalue weighted by molar-refractivity contribution is -0.131. The second-order valence-electron chi connectivity index (χ2n) is 12.2. The predicted molar refractivity (Wildman–Crippen MR) is 169 cm³/mol. The summed E-state index contributed by atoms with van der Waals surface area (Å²) >= 11 is 0. The molecule has 3 aliphatic rings. The summed E-state index contributed by atoms with van der Waals surface area (Å²) in [5, 5.41) is 8.15. The number of piperidine rings is 1. The highest BCUT2D eigenvalue weighted by Gasteiger charge is 2.56. The van der Waals surface area contributed by atoms with Gasteiger partial charge in [0.25, 0.3) is 0 Å². The second kappa shape index (κ2) is 12.8. The fraction of sp³-hybridized carbons (Fsp3) is 0.394. The number of rotatable bonds is 9. The van der Waals surface area contributed by atoms with Crippen molar-refractivity contribution in [3.05, 3.63) is 72.7 Å². The van der Waals surface area contributed by atoms with E-state index in [4.69, 9.17) is 4.74 Å². The van der Waals surface area contributed by atoms with Gasteiger partial charge >= 0.3 is 6.03 Å². The molecule has 0 spiro atoms. The van der Waals surface area contributed by atoms with E-state index in [9.17, 15) is 14.4 Å². The van der Waals surface area contributed by atoms with Crippen molar-refractivity contribution in [2.45, 2.75) is 37.8 Å². The SMILES string of the molecule is CN1CC(N2CCC(N(C)C(=O)Nc3cc(Oc4ccc(NC(=O)C5(C(=O)Nc6ccccc6)CC5)c(F)c4)ccn3)CC2)C1. The minimum atomic E-state index is -1.23. The number of para-hydroxylation sites is 1. The molecule has 0 bridgehead atoms. The Morgan fingerprint density at radius 3 is 2.29 bits per heavy atom. The van der Waals surface area contributed by atoms with Gasteiger partial charge in [0, 0.05) is 69.3 Å². The van der Waals surface area contributed by atoms with Crippen LogP contribution in [0.1, 0.15) is 25.7 Å². The number of likely N-dealkylation sites (tertiary alicyclic amines) is 2. The number of likely N-dealkylation sites (N-methyl/N-ethyl adjacent to an activating group) is 1. The topological polar surface area (TPSA) is 119 Å². The van der Waals surface area contributed by atoms with Crippen molar-refractivity contribution < 1.29 is 23.5 Å². The van der Waals surface area contributed by atoms with Crippen LogP contribution in [0.25, 0.3) is 0 Å². The summed E-state index contributed by atoms with van der Waals surface area (Å²) in [6, 6.07) is 16.6. The molecule has 1 aromatic heterocycles. The first-order valence-electron chi connectivity index (χ1n) is 15.3. The van der Waals surface area contributed by atoms with Crippen molar-refractivity contribution in [1.82, 2.24) is 19.7 Å². The fourth-order valence-electron chi connectivity index (χ4n) is 5.94. The van der Waals surface area contributed by atoms with E-state index in [0.29, 0.717) is 36.1 Å². The number of ether oxygens (including phenoxy) is 1. The highest BCUT2D eigenvalue weighted by molar-refractivity contribution is 6.16. The second-order valence-corrected chi connectivity index (χ2v) is 12.2. The molecule has 2 saturated heterocycles. The molecule has 12 heteroatoms. The number of amides is 4. The van der Waals surface area contributed by atoms with E-state index in [1.807, 2.05) is 6.07 Å². The van der Waals surface area contributed by atoms with Crippen LogP contribution in [-0.4, -0.2) is 89.9 Å². The standard InChI is InChI=1S/C33H38FN7O4/c1-39-20-24(21-39)41-16-11-23(12-17-41)40(2)32(44)38-29-19-26(10-15-35-29)45-25-8-9-28(27(34)18-25)37-31(43)33(13-14-33)30(42)36-22-6-4-3-5-7-22/h3-10,15,18-19,23-24H,11-14,16-17,20-21H2,1-2H3,(H,36,42)(H,37,43)(H,35,38,44). The number of anilines is 3. The van der Waals surface area contributed by atoms with Crippen LogP contribution in [0.15, 0.2) is 66.9 Å². The molecule has 0 unspecified atom stereocenters. The lowest BCUT2D eigenvalue weighted by Gasteiger charge is -2.47. The Labute approximate surface area is 261 Å². The van der Waals surface area contributed by atoms with Gasteiger partial charge in [0.05, 0.1) is 5.69 Å². The Morgan fingerprint density at radius 1 is 0.933 bits per heavy atom. The van der Waals surface area contributed by atoms with Crippen LogP contribution in [0, 0.1) is 11.2 Å². The van der Waals surface area contributed by atoms with Crippen LogP contribution in [-0.2, 0) is 9.59 Å². The molecule has 11 nitrogen and oxygen atoms in total. The molecule has 236 valence electrons. The van der Waals surface area contributed by atoms with Gasteiger partial charge in [-0.25, -0.2) is 14.2 Å². The van der Waals surface area contributed by atoms with E-state index in [1.54, 1.807) is 48.3 Å². The number of urea groups is 1. The molecule has 3 aromatic rings. The number of nitrogens with zero attached hydrogens (tertiary/aromatic N) is 4. The Bertz CT molecular complexity index is 1550. The van der Waals surface area contributed by atoms with Gasteiger partial charge in [-0.15, -0.1) is 0 Å². The molecular formula is C33H38FN7O4. The zero-order valence-electron chi connectivity index (χ0n) is 25.5. The Balaban J connectivity index is 1.01. The first kappa shape index (κ1) is 30.5. The Hall–Kier alpha value is -4.55. The lowest BCUT2D eigenvalue weighted by atomic mass is 9.99. The first-order valence-corrected chi connectivity index (χ1v) is 15.3. The minimum Gasteiger partial charge on any atom is -0.457 e. The van der Waals surface area contributed by atoms with Crippen molar-refractivity contribution >= 4 is 35.0 Å². The van der Waals surface area contributed by atoms with Crippen LogP contribution < -0.4 is 20.7 Å². The molecule has 3 N–H and O–H groups in total. The summed E-state index contributed by atoms with van der Waals surface area (Å²) in [7, 11) is 3.93. The maximum absolute atomic E-state index is 15.0. The summed E-state index contributed by atoms with van der Waals surface area (Å²) in [5.41, 5.74) is -0.690. The number of hydrogen-bond acceptors (Lipinski definition) is 7. The summed E-state index contributed by atoms with van der Waals surface area (Å²) in [6.45, 7) is 4.17.